The van der Waals surface area contributed by atoms with Gasteiger partial charge < -0.3 is 14.4 Å². The van der Waals surface area contributed by atoms with Crippen LogP contribution in [-0.4, -0.2) is 48.3 Å². The first kappa shape index (κ1) is 12.8. The second kappa shape index (κ2) is 4.89. The van der Waals surface area contributed by atoms with Crippen LogP contribution in [0.15, 0.2) is 12.4 Å². The molecule has 0 aromatic carbocycles. The number of carbonyl (C=O) groups excluding carboxylic acids is 1. The predicted octanol–water partition coefficient (Wildman–Crippen LogP) is 0.878. The van der Waals surface area contributed by atoms with Gasteiger partial charge in [-0.2, -0.15) is 0 Å². The van der Waals surface area contributed by atoms with Crippen molar-refractivity contribution in [2.45, 2.75) is 19.4 Å². The average Bonchev–Trinajstić information content (AvgIpc) is 2.37. The van der Waals surface area contributed by atoms with Crippen molar-refractivity contribution in [1.82, 2.24) is 9.97 Å². The molecule has 0 spiro atoms. The summed E-state index contributed by atoms with van der Waals surface area (Å²) in [5, 5.41) is 0. The van der Waals surface area contributed by atoms with Gasteiger partial charge in [0.1, 0.15) is 0 Å². The summed E-state index contributed by atoms with van der Waals surface area (Å²) in [5.41, 5.74) is 0.150. The number of ether oxygens (including phenoxy) is 2. The summed E-state index contributed by atoms with van der Waals surface area (Å²) < 4.78 is 10.2. The zero-order valence-corrected chi connectivity index (χ0v) is 10.8. The Bertz CT molecular complexity index is 431. The van der Waals surface area contributed by atoms with Gasteiger partial charge in [-0.1, -0.05) is 0 Å². The molecular weight excluding hydrogens is 234 g/mol. The molecule has 0 saturated carbocycles. The topological polar surface area (TPSA) is 64.5 Å². The van der Waals surface area contributed by atoms with Crippen LogP contribution in [0.5, 0.6) is 0 Å². The van der Waals surface area contributed by atoms with E-state index < -0.39 is 5.97 Å². The van der Waals surface area contributed by atoms with Gasteiger partial charge in [-0.05, 0) is 13.8 Å². The van der Waals surface area contributed by atoms with Crippen molar-refractivity contribution in [1.29, 1.82) is 0 Å². The smallest absolute Gasteiger partial charge is 0.341 e. The Hall–Kier alpha value is -1.69. The van der Waals surface area contributed by atoms with E-state index in [9.17, 15) is 4.79 Å². The van der Waals surface area contributed by atoms with Crippen molar-refractivity contribution >= 4 is 11.9 Å². The highest BCUT2D eigenvalue weighted by atomic mass is 16.5. The highest BCUT2D eigenvalue weighted by molar-refractivity contribution is 5.88. The Morgan fingerprint density at radius 1 is 1.44 bits per heavy atom. The van der Waals surface area contributed by atoms with Gasteiger partial charge in [0, 0.05) is 25.5 Å². The van der Waals surface area contributed by atoms with E-state index in [1.807, 2.05) is 18.7 Å². The standard InChI is InChI=1S/C12H17N3O3/c1-12(2)8-15(4-5-18-12)11-13-6-9(7-14-11)10(16)17-3/h6-7H,4-5,8H2,1-3H3. The Kier molecular flexibility index (Phi) is 3.47. The fourth-order valence-corrected chi connectivity index (χ4v) is 1.89. The van der Waals surface area contributed by atoms with Gasteiger partial charge in [-0.25, -0.2) is 14.8 Å². The second-order valence-electron chi connectivity index (χ2n) is 4.79. The first-order valence-corrected chi connectivity index (χ1v) is 5.81. The lowest BCUT2D eigenvalue weighted by Gasteiger charge is -2.38. The molecular formula is C12H17N3O3. The van der Waals surface area contributed by atoms with Crippen LogP contribution in [0.1, 0.15) is 24.2 Å². The maximum Gasteiger partial charge on any atom is 0.341 e. The Morgan fingerprint density at radius 2 is 2.11 bits per heavy atom. The molecule has 0 N–H and O–H groups in total. The number of aromatic nitrogens is 2. The summed E-state index contributed by atoms with van der Waals surface area (Å²) >= 11 is 0. The van der Waals surface area contributed by atoms with Gasteiger partial charge in [-0.15, -0.1) is 0 Å². The predicted molar refractivity (Wildman–Crippen MR) is 65.6 cm³/mol. The zero-order valence-electron chi connectivity index (χ0n) is 10.8. The number of hydrogen-bond acceptors (Lipinski definition) is 6. The minimum atomic E-state index is -0.427. The lowest BCUT2D eigenvalue weighted by atomic mass is 10.1. The van der Waals surface area contributed by atoms with E-state index in [0.29, 0.717) is 18.1 Å². The van der Waals surface area contributed by atoms with Gasteiger partial charge in [0.05, 0.1) is 24.9 Å². The monoisotopic (exact) mass is 251 g/mol. The number of hydrogen-bond donors (Lipinski definition) is 0. The third-order valence-corrected chi connectivity index (χ3v) is 2.77. The lowest BCUT2D eigenvalue weighted by Crippen LogP contribution is -2.49. The van der Waals surface area contributed by atoms with Gasteiger partial charge in [0.2, 0.25) is 5.95 Å². The summed E-state index contributed by atoms with van der Waals surface area (Å²) in [5.74, 6) is 0.183. The first-order valence-electron chi connectivity index (χ1n) is 5.81. The quantitative estimate of drug-likeness (QED) is 0.727. The Morgan fingerprint density at radius 3 is 2.67 bits per heavy atom. The van der Waals surface area contributed by atoms with E-state index in [1.54, 1.807) is 0 Å². The molecule has 0 amide bonds. The summed E-state index contributed by atoms with van der Waals surface area (Å²) in [7, 11) is 1.33. The number of carbonyl (C=O) groups is 1. The molecule has 98 valence electrons. The number of methoxy groups -OCH3 is 1. The maximum absolute atomic E-state index is 11.3. The fourth-order valence-electron chi connectivity index (χ4n) is 1.89. The van der Waals surface area contributed by atoms with Crippen LogP contribution in [0.3, 0.4) is 0 Å². The average molecular weight is 251 g/mol. The third kappa shape index (κ3) is 2.76. The molecule has 1 aliphatic heterocycles. The van der Waals surface area contributed by atoms with Crippen molar-refractivity contribution < 1.29 is 14.3 Å². The molecule has 0 unspecified atom stereocenters. The van der Waals surface area contributed by atoms with Gasteiger partial charge in [-0.3, -0.25) is 0 Å². The minimum absolute atomic E-state index is 0.206. The number of rotatable bonds is 2. The van der Waals surface area contributed by atoms with Gasteiger partial charge in [0.25, 0.3) is 0 Å². The summed E-state index contributed by atoms with van der Waals surface area (Å²) in [6, 6.07) is 0. The van der Waals surface area contributed by atoms with E-state index in [2.05, 4.69) is 14.7 Å². The second-order valence-corrected chi connectivity index (χ2v) is 4.79. The van der Waals surface area contributed by atoms with Crippen molar-refractivity contribution in [3.63, 3.8) is 0 Å². The van der Waals surface area contributed by atoms with Crippen LogP contribution in [0.4, 0.5) is 5.95 Å². The molecule has 1 fully saturated rings. The van der Waals surface area contributed by atoms with E-state index in [-0.39, 0.29) is 5.60 Å². The maximum atomic E-state index is 11.3. The largest absolute Gasteiger partial charge is 0.465 e. The van der Waals surface area contributed by atoms with Gasteiger partial charge in [0.15, 0.2) is 0 Å². The molecule has 1 saturated heterocycles. The number of anilines is 1. The minimum Gasteiger partial charge on any atom is -0.465 e. The lowest BCUT2D eigenvalue weighted by molar-refractivity contribution is -0.0281. The van der Waals surface area contributed by atoms with E-state index >= 15 is 0 Å². The summed E-state index contributed by atoms with van der Waals surface area (Å²) in [6.45, 7) is 6.19. The molecule has 0 aliphatic carbocycles. The van der Waals surface area contributed by atoms with Crippen LogP contribution < -0.4 is 4.90 Å². The summed E-state index contributed by atoms with van der Waals surface area (Å²) in [6.07, 6.45) is 2.97. The number of morpholine rings is 1. The van der Waals surface area contributed by atoms with Crippen molar-refractivity contribution in [2.75, 3.05) is 31.7 Å². The van der Waals surface area contributed by atoms with Crippen molar-refractivity contribution in [3.05, 3.63) is 18.0 Å². The molecule has 2 rings (SSSR count). The van der Waals surface area contributed by atoms with E-state index in [1.165, 1.54) is 19.5 Å². The Labute approximate surface area is 106 Å². The van der Waals surface area contributed by atoms with Crippen LogP contribution >= 0.6 is 0 Å². The van der Waals surface area contributed by atoms with Crippen molar-refractivity contribution in [3.8, 4) is 0 Å². The zero-order chi connectivity index (χ0) is 13.2. The molecule has 6 heteroatoms. The first-order chi connectivity index (χ1) is 8.52. The molecule has 6 nitrogen and oxygen atoms in total. The number of nitrogens with zero attached hydrogens (tertiary/aromatic N) is 3. The van der Waals surface area contributed by atoms with Crippen LogP contribution in [-0.2, 0) is 9.47 Å². The van der Waals surface area contributed by atoms with E-state index in [4.69, 9.17) is 4.74 Å². The molecule has 18 heavy (non-hydrogen) atoms. The molecule has 1 aromatic rings. The highest BCUT2D eigenvalue weighted by Gasteiger charge is 2.28. The van der Waals surface area contributed by atoms with E-state index in [0.717, 1.165) is 13.1 Å². The normalized spacial score (nSPS) is 18.5. The van der Waals surface area contributed by atoms with Crippen LogP contribution in [0.25, 0.3) is 0 Å². The number of esters is 1. The van der Waals surface area contributed by atoms with Crippen LogP contribution in [0.2, 0.25) is 0 Å². The third-order valence-electron chi connectivity index (χ3n) is 2.77. The van der Waals surface area contributed by atoms with Gasteiger partial charge >= 0.3 is 5.97 Å². The molecule has 2 heterocycles. The highest BCUT2D eigenvalue weighted by Crippen LogP contribution is 2.19. The van der Waals surface area contributed by atoms with Crippen LogP contribution in [0, 0.1) is 0 Å². The molecule has 1 aromatic heterocycles. The van der Waals surface area contributed by atoms with Crippen molar-refractivity contribution in [2.24, 2.45) is 0 Å². The SMILES string of the molecule is COC(=O)c1cnc(N2CCOC(C)(C)C2)nc1. The molecule has 0 bridgehead atoms. The Balaban J connectivity index is 2.12. The molecule has 0 radical (unpaired) electrons. The molecule has 0 atom stereocenters. The summed E-state index contributed by atoms with van der Waals surface area (Å²) in [4.78, 5) is 21.7. The fraction of sp³-hybridized carbons (Fsp3) is 0.583. The molecule has 1 aliphatic rings.